The van der Waals surface area contributed by atoms with Crippen molar-refractivity contribution in [3.63, 3.8) is 0 Å². The van der Waals surface area contributed by atoms with E-state index in [4.69, 9.17) is 19.4 Å². The van der Waals surface area contributed by atoms with Crippen molar-refractivity contribution in [2.45, 2.75) is 25.7 Å². The van der Waals surface area contributed by atoms with Crippen molar-refractivity contribution < 1.29 is 4.42 Å². The van der Waals surface area contributed by atoms with Crippen LogP contribution in [0.4, 0.5) is 0 Å². The Balaban J connectivity index is 1.51. The van der Waals surface area contributed by atoms with Gasteiger partial charge in [-0.05, 0) is 49.4 Å². The Bertz CT molecular complexity index is 1910. The highest BCUT2D eigenvalue weighted by Crippen LogP contribution is 2.41. The van der Waals surface area contributed by atoms with Gasteiger partial charge in [0.2, 0.25) is 5.95 Å². The molecule has 0 fully saturated rings. The molecule has 7 aromatic rings. The fourth-order valence-electron chi connectivity index (χ4n) is 5.95. The molecule has 0 bridgehead atoms. The summed E-state index contributed by atoms with van der Waals surface area (Å²) in [5.74, 6) is 2.00. The molecule has 1 aliphatic rings. The van der Waals surface area contributed by atoms with Gasteiger partial charge in [-0.3, -0.25) is 4.57 Å². The lowest BCUT2D eigenvalue weighted by molar-refractivity contribution is 0.661. The van der Waals surface area contributed by atoms with Gasteiger partial charge in [0.25, 0.3) is 0 Å². The van der Waals surface area contributed by atoms with E-state index in [0.29, 0.717) is 17.6 Å². The minimum atomic E-state index is 0.656. The van der Waals surface area contributed by atoms with Crippen molar-refractivity contribution in [3.8, 4) is 28.7 Å². The molecule has 0 amide bonds. The average molecular weight is 493 g/mol. The van der Waals surface area contributed by atoms with E-state index in [1.165, 1.54) is 23.1 Å². The second kappa shape index (κ2) is 8.38. The van der Waals surface area contributed by atoms with Gasteiger partial charge >= 0.3 is 0 Å². The molecule has 0 saturated carbocycles. The SMILES string of the molecule is c1ccc(-c2nc(-c3ccccc3)nc(-n3c4c(c5ccc6oc7ccccc7c6c53)CCCC4)n2)cc1. The fourth-order valence-corrected chi connectivity index (χ4v) is 5.95. The number of aromatic nitrogens is 4. The first-order valence-corrected chi connectivity index (χ1v) is 13.2. The number of hydrogen-bond acceptors (Lipinski definition) is 4. The summed E-state index contributed by atoms with van der Waals surface area (Å²) in [6, 6.07) is 33.0. The van der Waals surface area contributed by atoms with E-state index in [-0.39, 0.29) is 0 Å². The molecule has 182 valence electrons. The topological polar surface area (TPSA) is 56.7 Å². The summed E-state index contributed by atoms with van der Waals surface area (Å²) in [5, 5.41) is 3.50. The quantitative estimate of drug-likeness (QED) is 0.251. The number of hydrogen-bond donors (Lipinski definition) is 0. The van der Waals surface area contributed by atoms with Gasteiger partial charge in [0.05, 0.1) is 10.9 Å². The largest absolute Gasteiger partial charge is 0.456 e. The highest BCUT2D eigenvalue weighted by atomic mass is 16.3. The molecule has 0 N–H and O–H groups in total. The van der Waals surface area contributed by atoms with E-state index < -0.39 is 0 Å². The maximum atomic E-state index is 6.30. The lowest BCUT2D eigenvalue weighted by atomic mass is 9.95. The number of fused-ring (bicyclic) bond motifs is 7. The Morgan fingerprint density at radius 2 is 1.24 bits per heavy atom. The van der Waals surface area contributed by atoms with Crippen molar-refractivity contribution in [1.29, 1.82) is 0 Å². The molecule has 4 aromatic carbocycles. The van der Waals surface area contributed by atoms with E-state index in [9.17, 15) is 0 Å². The third-order valence-corrected chi connectivity index (χ3v) is 7.66. The van der Waals surface area contributed by atoms with Crippen molar-refractivity contribution in [2.75, 3.05) is 0 Å². The Morgan fingerprint density at radius 1 is 0.579 bits per heavy atom. The first-order valence-electron chi connectivity index (χ1n) is 13.2. The molecular weight excluding hydrogens is 468 g/mol. The summed E-state index contributed by atoms with van der Waals surface area (Å²) in [6.07, 6.45) is 4.40. The zero-order valence-electron chi connectivity index (χ0n) is 20.8. The summed E-state index contributed by atoms with van der Waals surface area (Å²) in [4.78, 5) is 15.1. The molecule has 0 saturated heterocycles. The molecule has 0 unspecified atom stereocenters. The van der Waals surface area contributed by atoms with Gasteiger partial charge in [-0.25, -0.2) is 4.98 Å². The Kier molecular flexibility index (Phi) is 4.71. The normalized spacial score (nSPS) is 13.4. The standard InChI is InChI=1S/C33H24N4O/c1-3-11-21(12-4-1)31-34-32(22-13-5-2-6-14-22)36-33(35-31)37-26-17-9-7-15-23(26)24-19-20-28-29(30(24)37)25-16-8-10-18-27(25)38-28/h1-6,8,10-14,16,18-20H,7,9,15,17H2. The number of rotatable bonds is 3. The molecule has 0 spiro atoms. The Labute approximate surface area is 219 Å². The molecule has 8 rings (SSSR count). The summed E-state index contributed by atoms with van der Waals surface area (Å²) >= 11 is 0. The van der Waals surface area contributed by atoms with Crippen LogP contribution in [0.15, 0.2) is 101 Å². The van der Waals surface area contributed by atoms with Crippen LogP contribution in [0.1, 0.15) is 24.1 Å². The summed E-state index contributed by atoms with van der Waals surface area (Å²) in [6.45, 7) is 0. The highest BCUT2D eigenvalue weighted by molar-refractivity contribution is 6.19. The maximum absolute atomic E-state index is 6.30. The van der Waals surface area contributed by atoms with Crippen LogP contribution in [0.25, 0.3) is 61.6 Å². The van der Waals surface area contributed by atoms with Gasteiger partial charge in [-0.2, -0.15) is 9.97 Å². The first kappa shape index (κ1) is 21.3. The van der Waals surface area contributed by atoms with Gasteiger partial charge < -0.3 is 4.42 Å². The lowest BCUT2D eigenvalue weighted by Crippen LogP contribution is -2.11. The van der Waals surface area contributed by atoms with Gasteiger partial charge in [-0.15, -0.1) is 0 Å². The molecule has 5 heteroatoms. The van der Waals surface area contributed by atoms with E-state index in [2.05, 4.69) is 53.1 Å². The molecule has 0 radical (unpaired) electrons. The molecular formula is C33H24N4O. The molecule has 0 aliphatic heterocycles. The predicted octanol–water partition coefficient (Wildman–Crippen LogP) is 7.93. The number of aryl methyl sites for hydroxylation is 1. The number of nitrogens with zero attached hydrogens (tertiary/aromatic N) is 4. The van der Waals surface area contributed by atoms with E-state index in [1.807, 2.05) is 48.5 Å². The van der Waals surface area contributed by atoms with Crippen LogP contribution in [-0.2, 0) is 12.8 Å². The van der Waals surface area contributed by atoms with Crippen molar-refractivity contribution >= 4 is 32.8 Å². The van der Waals surface area contributed by atoms with Crippen LogP contribution in [0.2, 0.25) is 0 Å². The maximum Gasteiger partial charge on any atom is 0.238 e. The molecule has 38 heavy (non-hydrogen) atoms. The summed E-state index contributed by atoms with van der Waals surface area (Å²) in [7, 11) is 0. The van der Waals surface area contributed by atoms with Crippen LogP contribution in [0.5, 0.6) is 0 Å². The fraction of sp³-hybridized carbons (Fsp3) is 0.121. The Morgan fingerprint density at radius 3 is 1.97 bits per heavy atom. The van der Waals surface area contributed by atoms with Gasteiger partial charge in [-0.1, -0.05) is 78.9 Å². The zero-order chi connectivity index (χ0) is 25.1. The number of benzene rings is 4. The monoisotopic (exact) mass is 492 g/mol. The highest BCUT2D eigenvalue weighted by Gasteiger charge is 2.26. The average Bonchev–Trinajstić information content (AvgIpc) is 3.53. The van der Waals surface area contributed by atoms with Crippen LogP contribution in [0, 0.1) is 0 Å². The first-order chi connectivity index (χ1) is 18.8. The number of para-hydroxylation sites is 1. The van der Waals surface area contributed by atoms with Crippen LogP contribution >= 0.6 is 0 Å². The number of furan rings is 1. The second-order valence-corrected chi connectivity index (χ2v) is 9.92. The van der Waals surface area contributed by atoms with Gasteiger partial charge in [0, 0.05) is 27.6 Å². The van der Waals surface area contributed by atoms with Crippen molar-refractivity contribution in [1.82, 2.24) is 19.5 Å². The zero-order valence-corrected chi connectivity index (χ0v) is 20.8. The van der Waals surface area contributed by atoms with Gasteiger partial charge in [0.1, 0.15) is 11.2 Å². The predicted molar refractivity (Wildman–Crippen MR) is 151 cm³/mol. The minimum Gasteiger partial charge on any atom is -0.456 e. The molecule has 1 aliphatic carbocycles. The molecule has 3 aromatic heterocycles. The minimum absolute atomic E-state index is 0.656. The van der Waals surface area contributed by atoms with E-state index >= 15 is 0 Å². The van der Waals surface area contributed by atoms with E-state index in [1.54, 1.807) is 0 Å². The Hall–Kier alpha value is -4.77. The summed E-state index contributed by atoms with van der Waals surface area (Å²) < 4.78 is 8.60. The molecule has 0 atom stereocenters. The van der Waals surface area contributed by atoms with E-state index in [0.717, 1.165) is 57.8 Å². The molecule has 5 nitrogen and oxygen atoms in total. The third kappa shape index (κ3) is 3.21. The van der Waals surface area contributed by atoms with Crippen molar-refractivity contribution in [2.24, 2.45) is 0 Å². The van der Waals surface area contributed by atoms with Gasteiger partial charge in [0.15, 0.2) is 11.6 Å². The van der Waals surface area contributed by atoms with Crippen molar-refractivity contribution in [3.05, 3.63) is 108 Å². The second-order valence-electron chi connectivity index (χ2n) is 9.92. The lowest BCUT2D eigenvalue weighted by Gasteiger charge is -2.16. The van der Waals surface area contributed by atoms with Crippen LogP contribution in [0.3, 0.4) is 0 Å². The summed E-state index contributed by atoms with van der Waals surface area (Å²) in [5.41, 5.74) is 7.55. The van der Waals surface area contributed by atoms with Crippen LogP contribution in [-0.4, -0.2) is 19.5 Å². The van der Waals surface area contributed by atoms with Crippen LogP contribution < -0.4 is 0 Å². The smallest absolute Gasteiger partial charge is 0.238 e. The molecule has 3 heterocycles. The third-order valence-electron chi connectivity index (χ3n) is 7.66.